The van der Waals surface area contributed by atoms with Gasteiger partial charge < -0.3 is 0 Å². The van der Waals surface area contributed by atoms with Crippen LogP contribution in [0.15, 0.2) is 0 Å². The van der Waals surface area contributed by atoms with Crippen molar-refractivity contribution in [1.29, 1.82) is 0 Å². The summed E-state index contributed by atoms with van der Waals surface area (Å²) >= 11 is 0. The number of rotatable bonds is 1. The summed E-state index contributed by atoms with van der Waals surface area (Å²) in [5.41, 5.74) is 0. The van der Waals surface area contributed by atoms with Crippen LogP contribution < -0.4 is 0 Å². The van der Waals surface area contributed by atoms with Gasteiger partial charge in [0, 0.05) is 0 Å². The lowest BCUT2D eigenvalue weighted by atomic mass is 10.9. The molecule has 0 aliphatic rings. The fourth-order valence-electron chi connectivity index (χ4n) is 0. The van der Waals surface area contributed by atoms with Crippen LogP contribution in [0.3, 0.4) is 0 Å². The van der Waals surface area contributed by atoms with Gasteiger partial charge >= 0.3 is 6.29 Å². The molecule has 0 rings (SSSR count). The summed E-state index contributed by atoms with van der Waals surface area (Å²) < 4.78 is 68.9. The molecule has 9 heteroatoms. The van der Waals surface area contributed by atoms with Crippen LogP contribution in [0.4, 0.5) is 35.7 Å². The van der Waals surface area contributed by atoms with Crippen LogP contribution in [-0.2, 0) is 4.94 Å². The second-order valence-electron chi connectivity index (χ2n) is 0.812. The van der Waals surface area contributed by atoms with Gasteiger partial charge in [-0.15, -0.1) is 8.78 Å². The van der Waals surface area contributed by atoms with Crippen molar-refractivity contribution in [3.63, 3.8) is 0 Å². The summed E-state index contributed by atoms with van der Waals surface area (Å²) in [5, 5.41) is 0. The van der Waals surface area contributed by atoms with Crippen molar-refractivity contribution in [3.05, 3.63) is 0 Å². The average molecular weight is 234 g/mol. The third-order valence-corrected chi connectivity index (χ3v) is 0.0412. The molecule has 0 atom stereocenters. The Morgan fingerprint density at radius 2 is 1.21 bits per heavy atom. The lowest BCUT2D eigenvalue weighted by molar-refractivity contribution is -0.167. The highest BCUT2D eigenvalue weighted by Crippen LogP contribution is 1.70. The number of carbonyl (C=O) groups excluding carboxylic acids is 1. The second kappa shape index (κ2) is 40.0. The van der Waals surface area contributed by atoms with E-state index < -0.39 is 20.1 Å². The molecule has 0 heterocycles. The van der Waals surface area contributed by atoms with Crippen LogP contribution in [0.25, 0.3) is 0 Å². The Bertz CT molecular complexity index is 74.5. The normalized spacial score (nSPS) is 6.57. The van der Waals surface area contributed by atoms with E-state index in [0.717, 1.165) is 0 Å². The number of alkyl halides is 4. The zero-order chi connectivity index (χ0) is 12.4. The lowest BCUT2D eigenvalue weighted by Crippen LogP contribution is -1.63. The minimum Gasteiger partial charge on any atom is -0.251 e. The molecule has 0 fully saturated rings. The van der Waals surface area contributed by atoms with Gasteiger partial charge in [-0.3, -0.25) is 4.39 Å². The number of hydrogen-bond acceptors (Lipinski definition) is 2. The highest BCUT2D eigenvalue weighted by molar-refractivity contribution is 5.55. The maximum absolute atomic E-state index is 10.3. The van der Waals surface area contributed by atoms with Gasteiger partial charge in [0.05, 0.1) is 6.67 Å². The Kier molecular flexibility index (Phi) is 66.2. The van der Waals surface area contributed by atoms with Crippen molar-refractivity contribution in [2.75, 3.05) is 20.5 Å². The minimum atomic E-state index is -2.83. The van der Waals surface area contributed by atoms with E-state index in [-0.39, 0.29) is 6.67 Å². The standard InChI is InChI=1S/C2H5F.CH2F2O.CF2O.CH2F2/c1-2-3;2-1-4-3;2-1(3)4;2-1-3/h2H2,1H3;1H2;;1H2. The highest BCUT2D eigenvalue weighted by atomic mass is 19.3. The molecular formula is C5H9F7O2. The molecule has 90 valence electrons. The fraction of sp³-hybridized carbons (Fsp3) is 0.800. The molecule has 2 nitrogen and oxygen atoms in total. The molecule has 0 unspecified atom stereocenters. The molecule has 0 N–H and O–H groups in total. The van der Waals surface area contributed by atoms with E-state index in [0.29, 0.717) is 0 Å². The van der Waals surface area contributed by atoms with E-state index in [9.17, 15) is 30.9 Å². The summed E-state index contributed by atoms with van der Waals surface area (Å²) in [5.74, 6) is 0. The number of carbonyl (C=O) groups is 1. The van der Waals surface area contributed by atoms with Gasteiger partial charge in [0.15, 0.2) is 0 Å². The Morgan fingerprint density at radius 1 is 1.14 bits per heavy atom. The SMILES string of the molecule is CCF.FCF.FCOF.O=C(F)F. The monoisotopic (exact) mass is 234 g/mol. The van der Waals surface area contributed by atoms with Gasteiger partial charge in [-0.2, -0.15) is 4.94 Å². The Labute approximate surface area is 75.6 Å². The summed E-state index contributed by atoms with van der Waals surface area (Å²) in [7, 11) is 0. The topological polar surface area (TPSA) is 26.3 Å². The predicted molar refractivity (Wildman–Crippen MR) is 34.5 cm³/mol. The maximum Gasteiger partial charge on any atom is 0.483 e. The molecular weight excluding hydrogens is 225 g/mol. The van der Waals surface area contributed by atoms with E-state index >= 15 is 0 Å². The maximum atomic E-state index is 10.3. The van der Waals surface area contributed by atoms with Gasteiger partial charge in [0.2, 0.25) is 13.8 Å². The molecule has 0 spiro atoms. The van der Waals surface area contributed by atoms with Crippen LogP contribution >= 0.6 is 0 Å². The summed E-state index contributed by atoms with van der Waals surface area (Å²) in [6, 6.07) is 0. The quantitative estimate of drug-likeness (QED) is 0.510. The van der Waals surface area contributed by atoms with E-state index in [1.165, 1.54) is 6.92 Å². The largest absolute Gasteiger partial charge is 0.483 e. The minimum absolute atomic E-state index is 0.250. The molecule has 0 aromatic heterocycles. The van der Waals surface area contributed by atoms with E-state index in [2.05, 4.69) is 4.94 Å². The number of halogens is 7. The molecule has 0 amide bonds. The van der Waals surface area contributed by atoms with Crippen molar-refractivity contribution in [2.45, 2.75) is 6.92 Å². The van der Waals surface area contributed by atoms with Crippen LogP contribution in [0.1, 0.15) is 6.92 Å². The number of hydrogen-bond donors (Lipinski definition) is 0. The second-order valence-corrected chi connectivity index (χ2v) is 0.812. The lowest BCUT2D eigenvalue weighted by Gasteiger charge is -1.64. The van der Waals surface area contributed by atoms with Gasteiger partial charge in [-0.05, 0) is 11.4 Å². The van der Waals surface area contributed by atoms with Crippen LogP contribution in [0, 0.1) is 0 Å². The first-order chi connectivity index (χ1) is 6.47. The van der Waals surface area contributed by atoms with Crippen molar-refractivity contribution in [1.82, 2.24) is 0 Å². The molecule has 0 saturated heterocycles. The zero-order valence-electron chi connectivity index (χ0n) is 7.08. The first kappa shape index (κ1) is 23.2. The molecule has 0 saturated carbocycles. The highest BCUT2D eigenvalue weighted by Gasteiger charge is 1.78. The Balaban J connectivity index is -0.0000000482. The van der Waals surface area contributed by atoms with Gasteiger partial charge in [0.1, 0.15) is 0 Å². The Hall–Kier alpha value is -0.860. The van der Waals surface area contributed by atoms with Gasteiger partial charge in [-0.1, -0.05) is 0 Å². The van der Waals surface area contributed by atoms with E-state index in [1.807, 2.05) is 0 Å². The van der Waals surface area contributed by atoms with Crippen molar-refractivity contribution >= 4 is 6.29 Å². The zero-order valence-corrected chi connectivity index (χ0v) is 7.08. The first-order valence-electron chi connectivity index (χ1n) is 2.80. The third-order valence-electron chi connectivity index (χ3n) is 0.0412. The first-order valence-corrected chi connectivity index (χ1v) is 2.80. The van der Waals surface area contributed by atoms with Crippen LogP contribution in [0.5, 0.6) is 0 Å². The molecule has 0 aliphatic heterocycles. The van der Waals surface area contributed by atoms with Gasteiger partial charge in [-0.25, -0.2) is 18.0 Å². The molecule has 0 aromatic rings. The summed E-state index contributed by atoms with van der Waals surface area (Å²) in [6.45, 7) is -1.89. The molecule has 0 radical (unpaired) electrons. The van der Waals surface area contributed by atoms with E-state index in [4.69, 9.17) is 4.79 Å². The summed E-state index contributed by atoms with van der Waals surface area (Å²) in [6.07, 6.45) is -2.83. The average Bonchev–Trinajstić information content (AvgIpc) is 2.06. The third kappa shape index (κ3) is 58400. The van der Waals surface area contributed by atoms with Crippen molar-refractivity contribution in [2.24, 2.45) is 0 Å². The Morgan fingerprint density at radius 3 is 1.21 bits per heavy atom. The van der Waals surface area contributed by atoms with Crippen molar-refractivity contribution < 1.29 is 40.6 Å². The molecule has 0 aromatic carbocycles. The summed E-state index contributed by atoms with van der Waals surface area (Å²) in [4.78, 5) is 10.5. The van der Waals surface area contributed by atoms with Crippen LogP contribution in [-0.4, -0.2) is 26.8 Å². The van der Waals surface area contributed by atoms with Crippen molar-refractivity contribution in [3.8, 4) is 0 Å². The molecule has 0 bridgehead atoms. The molecule has 14 heavy (non-hydrogen) atoms. The smallest absolute Gasteiger partial charge is 0.251 e. The van der Waals surface area contributed by atoms with E-state index in [1.54, 1.807) is 0 Å². The van der Waals surface area contributed by atoms with Gasteiger partial charge in [0.25, 0.3) is 0 Å². The fourth-order valence-corrected chi connectivity index (χ4v) is 0. The molecule has 0 aliphatic carbocycles. The van der Waals surface area contributed by atoms with Crippen LogP contribution in [0.2, 0.25) is 0 Å². The predicted octanol–water partition coefficient (Wildman–Crippen LogP) is 3.72.